The zero-order valence-electron chi connectivity index (χ0n) is 13.2. The molecule has 1 saturated heterocycles. The SMILES string of the molecule is Cl.N[C@H]1CCCCN(Cc2ccc(-c3ccccc3)cc2)C1=O. The van der Waals surface area contributed by atoms with Gasteiger partial charge in [0.25, 0.3) is 0 Å². The summed E-state index contributed by atoms with van der Waals surface area (Å²) in [5.41, 5.74) is 9.49. The number of halogens is 1. The molecule has 0 radical (unpaired) electrons. The van der Waals surface area contributed by atoms with Crippen molar-refractivity contribution in [2.24, 2.45) is 5.73 Å². The molecule has 3 nitrogen and oxygen atoms in total. The van der Waals surface area contributed by atoms with Crippen LogP contribution in [0.5, 0.6) is 0 Å². The smallest absolute Gasteiger partial charge is 0.239 e. The van der Waals surface area contributed by atoms with Crippen LogP contribution in [-0.2, 0) is 11.3 Å². The van der Waals surface area contributed by atoms with Crippen molar-refractivity contribution >= 4 is 18.3 Å². The molecule has 2 N–H and O–H groups in total. The van der Waals surface area contributed by atoms with Gasteiger partial charge < -0.3 is 10.6 Å². The van der Waals surface area contributed by atoms with Gasteiger partial charge in [-0.3, -0.25) is 4.79 Å². The molecule has 3 rings (SSSR count). The summed E-state index contributed by atoms with van der Waals surface area (Å²) in [4.78, 5) is 14.1. The highest BCUT2D eigenvalue weighted by molar-refractivity contribution is 5.85. The fourth-order valence-corrected chi connectivity index (χ4v) is 2.95. The van der Waals surface area contributed by atoms with Crippen LogP contribution in [0.2, 0.25) is 0 Å². The molecule has 1 aliphatic heterocycles. The number of likely N-dealkylation sites (tertiary alicyclic amines) is 1. The van der Waals surface area contributed by atoms with Gasteiger partial charge in [0.2, 0.25) is 5.91 Å². The van der Waals surface area contributed by atoms with Crippen molar-refractivity contribution in [2.45, 2.75) is 31.8 Å². The van der Waals surface area contributed by atoms with Crippen molar-refractivity contribution in [3.05, 3.63) is 60.2 Å². The average Bonchev–Trinajstić information content (AvgIpc) is 2.72. The Morgan fingerprint density at radius 2 is 1.61 bits per heavy atom. The maximum Gasteiger partial charge on any atom is 0.239 e. The van der Waals surface area contributed by atoms with Crippen molar-refractivity contribution in [3.63, 3.8) is 0 Å². The molecular formula is C19H23ClN2O. The highest BCUT2D eigenvalue weighted by atomic mass is 35.5. The van der Waals surface area contributed by atoms with Gasteiger partial charge in [0, 0.05) is 13.1 Å². The van der Waals surface area contributed by atoms with E-state index < -0.39 is 0 Å². The number of amides is 1. The van der Waals surface area contributed by atoms with Crippen molar-refractivity contribution in [3.8, 4) is 11.1 Å². The number of carbonyl (C=O) groups is 1. The van der Waals surface area contributed by atoms with Gasteiger partial charge in [0.15, 0.2) is 0 Å². The molecule has 1 fully saturated rings. The number of nitrogens with zero attached hydrogens (tertiary/aromatic N) is 1. The predicted molar refractivity (Wildman–Crippen MR) is 96.4 cm³/mol. The Hall–Kier alpha value is -1.84. The number of hydrogen-bond donors (Lipinski definition) is 1. The summed E-state index contributed by atoms with van der Waals surface area (Å²) >= 11 is 0. The van der Waals surface area contributed by atoms with Crippen molar-refractivity contribution in [2.75, 3.05) is 6.54 Å². The second-order valence-corrected chi connectivity index (χ2v) is 5.93. The minimum atomic E-state index is -0.328. The molecule has 23 heavy (non-hydrogen) atoms. The fraction of sp³-hybridized carbons (Fsp3) is 0.316. The molecule has 0 unspecified atom stereocenters. The summed E-state index contributed by atoms with van der Waals surface area (Å²) in [5, 5.41) is 0. The first-order valence-electron chi connectivity index (χ1n) is 7.93. The van der Waals surface area contributed by atoms with E-state index in [2.05, 4.69) is 36.4 Å². The predicted octanol–water partition coefficient (Wildman–Crippen LogP) is 3.62. The lowest BCUT2D eigenvalue weighted by Gasteiger charge is -2.22. The molecule has 1 amide bonds. The molecule has 1 heterocycles. The molecule has 2 aromatic carbocycles. The maximum atomic E-state index is 12.2. The third-order valence-electron chi connectivity index (χ3n) is 4.26. The Balaban J connectivity index is 0.00000192. The first kappa shape index (κ1) is 17.5. The molecule has 1 atom stereocenters. The molecule has 0 aromatic heterocycles. The van der Waals surface area contributed by atoms with Crippen LogP contribution in [0.15, 0.2) is 54.6 Å². The molecule has 1 aliphatic rings. The van der Waals surface area contributed by atoms with E-state index in [0.29, 0.717) is 6.54 Å². The monoisotopic (exact) mass is 330 g/mol. The van der Waals surface area contributed by atoms with E-state index in [4.69, 9.17) is 5.73 Å². The number of rotatable bonds is 3. The van der Waals surface area contributed by atoms with Gasteiger partial charge in [-0.25, -0.2) is 0 Å². The summed E-state index contributed by atoms with van der Waals surface area (Å²) in [6.45, 7) is 1.47. The molecule has 122 valence electrons. The van der Waals surface area contributed by atoms with E-state index in [-0.39, 0.29) is 24.4 Å². The highest BCUT2D eigenvalue weighted by Crippen LogP contribution is 2.20. The van der Waals surface area contributed by atoms with E-state index in [1.54, 1.807) is 0 Å². The van der Waals surface area contributed by atoms with Crippen molar-refractivity contribution < 1.29 is 4.79 Å². The summed E-state index contributed by atoms with van der Waals surface area (Å²) < 4.78 is 0. The Morgan fingerprint density at radius 3 is 2.30 bits per heavy atom. The quantitative estimate of drug-likeness (QED) is 0.934. The van der Waals surface area contributed by atoms with E-state index in [1.807, 2.05) is 23.1 Å². The largest absolute Gasteiger partial charge is 0.337 e. The van der Waals surface area contributed by atoms with Crippen LogP contribution in [0.3, 0.4) is 0 Å². The van der Waals surface area contributed by atoms with E-state index >= 15 is 0 Å². The Kier molecular flexibility index (Phi) is 6.20. The molecule has 0 bridgehead atoms. The lowest BCUT2D eigenvalue weighted by molar-refractivity contribution is -0.132. The Bertz CT molecular complexity index is 628. The topological polar surface area (TPSA) is 46.3 Å². The van der Waals surface area contributed by atoms with Gasteiger partial charge in [-0.15, -0.1) is 12.4 Å². The third-order valence-corrected chi connectivity index (χ3v) is 4.26. The molecule has 0 aliphatic carbocycles. The molecular weight excluding hydrogens is 308 g/mol. The van der Waals surface area contributed by atoms with Crippen LogP contribution >= 0.6 is 12.4 Å². The van der Waals surface area contributed by atoms with Gasteiger partial charge in [-0.2, -0.15) is 0 Å². The molecule has 2 aromatic rings. The third kappa shape index (κ3) is 4.34. The van der Waals surface area contributed by atoms with Crippen molar-refractivity contribution in [1.82, 2.24) is 4.90 Å². The summed E-state index contributed by atoms with van der Waals surface area (Å²) in [7, 11) is 0. The van der Waals surface area contributed by atoms with Crippen LogP contribution in [-0.4, -0.2) is 23.4 Å². The standard InChI is InChI=1S/C19H22N2O.ClH/c20-18-8-4-5-13-21(19(18)22)14-15-9-11-17(12-10-15)16-6-2-1-3-7-16;/h1-3,6-7,9-12,18H,4-5,8,13-14,20H2;1H/t18-;/m0./s1. The number of hydrogen-bond acceptors (Lipinski definition) is 2. The van der Waals surface area contributed by atoms with E-state index in [1.165, 1.54) is 11.1 Å². The van der Waals surface area contributed by atoms with Crippen LogP contribution < -0.4 is 5.73 Å². The maximum absolute atomic E-state index is 12.2. The normalized spacial score (nSPS) is 18.2. The number of benzene rings is 2. The van der Waals surface area contributed by atoms with E-state index in [0.717, 1.165) is 31.4 Å². The summed E-state index contributed by atoms with van der Waals surface area (Å²) in [6, 6.07) is 18.4. The lowest BCUT2D eigenvalue weighted by Crippen LogP contribution is -2.41. The number of nitrogens with two attached hydrogens (primary N) is 1. The summed E-state index contributed by atoms with van der Waals surface area (Å²) in [5.74, 6) is 0.0876. The first-order chi connectivity index (χ1) is 10.7. The zero-order valence-corrected chi connectivity index (χ0v) is 14.0. The van der Waals surface area contributed by atoms with Gasteiger partial charge in [0.1, 0.15) is 0 Å². The van der Waals surface area contributed by atoms with Crippen LogP contribution in [0, 0.1) is 0 Å². The average molecular weight is 331 g/mol. The fourth-order valence-electron chi connectivity index (χ4n) is 2.95. The number of carbonyl (C=O) groups excluding carboxylic acids is 1. The van der Waals surface area contributed by atoms with Gasteiger partial charge in [-0.05, 0) is 36.0 Å². The minimum absolute atomic E-state index is 0. The molecule has 0 spiro atoms. The van der Waals surface area contributed by atoms with Gasteiger partial charge in [0.05, 0.1) is 6.04 Å². The second kappa shape index (κ2) is 8.14. The van der Waals surface area contributed by atoms with E-state index in [9.17, 15) is 4.79 Å². The summed E-state index contributed by atoms with van der Waals surface area (Å²) in [6.07, 6.45) is 2.89. The molecule has 0 saturated carbocycles. The molecule has 4 heteroatoms. The van der Waals surface area contributed by atoms with Crippen LogP contribution in [0.4, 0.5) is 0 Å². The van der Waals surface area contributed by atoms with Crippen molar-refractivity contribution in [1.29, 1.82) is 0 Å². The Labute approximate surface area is 143 Å². The minimum Gasteiger partial charge on any atom is -0.337 e. The Morgan fingerprint density at radius 1 is 0.957 bits per heavy atom. The van der Waals surface area contributed by atoms with Crippen LogP contribution in [0.1, 0.15) is 24.8 Å². The second-order valence-electron chi connectivity index (χ2n) is 5.93. The van der Waals surface area contributed by atoms with Gasteiger partial charge >= 0.3 is 0 Å². The highest BCUT2D eigenvalue weighted by Gasteiger charge is 2.23. The van der Waals surface area contributed by atoms with Crippen LogP contribution in [0.25, 0.3) is 11.1 Å². The van der Waals surface area contributed by atoms with Gasteiger partial charge in [-0.1, -0.05) is 54.6 Å². The zero-order chi connectivity index (χ0) is 15.4. The lowest BCUT2D eigenvalue weighted by atomic mass is 10.0. The first-order valence-corrected chi connectivity index (χ1v) is 7.93.